The van der Waals surface area contributed by atoms with Gasteiger partial charge in [0.05, 0.1) is 24.3 Å². The van der Waals surface area contributed by atoms with E-state index in [0.29, 0.717) is 35.8 Å². The van der Waals surface area contributed by atoms with Gasteiger partial charge in [-0.1, -0.05) is 0 Å². The van der Waals surface area contributed by atoms with Crippen molar-refractivity contribution in [3.63, 3.8) is 0 Å². The predicted molar refractivity (Wildman–Crippen MR) is 113 cm³/mol. The first-order valence-electron chi connectivity index (χ1n) is 9.56. The van der Waals surface area contributed by atoms with Gasteiger partial charge in [-0.3, -0.25) is 4.79 Å². The SMILES string of the molecule is CCOc1ccc(S(=O)(=O)N2CCC(C(=O)Nc3ccsc3C(=O)OC)CC2)cc1. The summed E-state index contributed by atoms with van der Waals surface area (Å²) in [4.78, 5) is 24.9. The third-order valence-electron chi connectivity index (χ3n) is 4.89. The van der Waals surface area contributed by atoms with Gasteiger partial charge in [-0.15, -0.1) is 11.3 Å². The summed E-state index contributed by atoms with van der Waals surface area (Å²) < 4.78 is 37.2. The Balaban J connectivity index is 1.60. The number of carbonyl (C=O) groups excluding carboxylic acids is 2. The van der Waals surface area contributed by atoms with Crippen molar-refractivity contribution in [3.8, 4) is 5.75 Å². The number of hydrogen-bond acceptors (Lipinski definition) is 7. The number of benzene rings is 1. The van der Waals surface area contributed by atoms with Crippen molar-refractivity contribution >= 4 is 38.9 Å². The number of piperidine rings is 1. The van der Waals surface area contributed by atoms with E-state index < -0.39 is 16.0 Å². The Morgan fingerprint density at radius 3 is 2.43 bits per heavy atom. The summed E-state index contributed by atoms with van der Waals surface area (Å²) in [5.74, 6) is -0.443. The molecule has 0 spiro atoms. The molecule has 1 saturated heterocycles. The monoisotopic (exact) mass is 452 g/mol. The first-order valence-corrected chi connectivity index (χ1v) is 11.9. The Bertz CT molecular complexity index is 993. The van der Waals surface area contributed by atoms with E-state index in [1.54, 1.807) is 23.6 Å². The number of hydrogen-bond donors (Lipinski definition) is 1. The number of rotatable bonds is 7. The predicted octanol–water partition coefficient (Wildman–Crippen LogP) is 2.97. The zero-order valence-corrected chi connectivity index (χ0v) is 18.4. The minimum absolute atomic E-state index is 0.204. The van der Waals surface area contributed by atoms with E-state index in [9.17, 15) is 18.0 Å². The normalized spacial score (nSPS) is 15.5. The van der Waals surface area contributed by atoms with E-state index >= 15 is 0 Å². The Hall–Kier alpha value is -2.43. The van der Waals surface area contributed by atoms with Crippen LogP contribution in [0.15, 0.2) is 40.6 Å². The van der Waals surface area contributed by atoms with Crippen LogP contribution < -0.4 is 10.1 Å². The summed E-state index contributed by atoms with van der Waals surface area (Å²) in [7, 11) is -2.34. The molecule has 30 heavy (non-hydrogen) atoms. The molecular weight excluding hydrogens is 428 g/mol. The third kappa shape index (κ3) is 4.82. The first kappa shape index (κ1) is 22.3. The maximum Gasteiger partial charge on any atom is 0.350 e. The summed E-state index contributed by atoms with van der Waals surface area (Å²) >= 11 is 1.19. The fourth-order valence-corrected chi connectivity index (χ4v) is 5.51. The zero-order valence-electron chi connectivity index (χ0n) is 16.8. The van der Waals surface area contributed by atoms with Crippen molar-refractivity contribution in [1.82, 2.24) is 4.31 Å². The second kappa shape index (κ2) is 9.59. The Morgan fingerprint density at radius 1 is 1.17 bits per heavy atom. The van der Waals surface area contributed by atoms with Gasteiger partial charge in [0.2, 0.25) is 15.9 Å². The van der Waals surface area contributed by atoms with Gasteiger partial charge in [0.15, 0.2) is 0 Å². The number of sulfonamides is 1. The molecule has 0 aliphatic carbocycles. The van der Waals surface area contributed by atoms with Gasteiger partial charge in [-0.05, 0) is 55.5 Å². The Labute approximate surface area is 179 Å². The molecule has 2 aromatic rings. The minimum Gasteiger partial charge on any atom is -0.494 e. The quantitative estimate of drug-likeness (QED) is 0.648. The van der Waals surface area contributed by atoms with Crippen LogP contribution in [0.5, 0.6) is 5.75 Å². The number of esters is 1. The average molecular weight is 453 g/mol. The van der Waals surface area contributed by atoms with E-state index in [1.165, 1.54) is 34.9 Å². The molecule has 0 saturated carbocycles. The van der Waals surface area contributed by atoms with Crippen LogP contribution in [0.25, 0.3) is 0 Å². The van der Waals surface area contributed by atoms with Crippen molar-refractivity contribution in [3.05, 3.63) is 40.6 Å². The second-order valence-corrected chi connectivity index (χ2v) is 9.58. The van der Waals surface area contributed by atoms with Crippen LogP contribution in [-0.4, -0.2) is 51.4 Å². The molecule has 3 rings (SSSR count). The van der Waals surface area contributed by atoms with E-state index in [2.05, 4.69) is 5.32 Å². The molecule has 0 bridgehead atoms. The van der Waals surface area contributed by atoms with Crippen LogP contribution in [0.1, 0.15) is 29.4 Å². The highest BCUT2D eigenvalue weighted by Crippen LogP contribution is 2.28. The molecule has 1 aliphatic rings. The maximum atomic E-state index is 12.9. The Morgan fingerprint density at radius 2 is 1.83 bits per heavy atom. The van der Waals surface area contributed by atoms with Crippen LogP contribution in [0, 0.1) is 5.92 Å². The van der Waals surface area contributed by atoms with Crippen molar-refractivity contribution in [2.45, 2.75) is 24.7 Å². The van der Waals surface area contributed by atoms with Crippen molar-refractivity contribution in [2.75, 3.05) is 32.1 Å². The van der Waals surface area contributed by atoms with Crippen LogP contribution in [0.4, 0.5) is 5.69 Å². The van der Waals surface area contributed by atoms with E-state index in [1.807, 2.05) is 6.92 Å². The highest BCUT2D eigenvalue weighted by molar-refractivity contribution is 7.89. The average Bonchev–Trinajstić information content (AvgIpc) is 3.22. The van der Waals surface area contributed by atoms with Gasteiger partial charge >= 0.3 is 5.97 Å². The number of carbonyl (C=O) groups is 2. The number of anilines is 1. The highest BCUT2D eigenvalue weighted by Gasteiger charge is 2.32. The molecule has 1 fully saturated rings. The number of nitrogens with one attached hydrogen (secondary N) is 1. The summed E-state index contributed by atoms with van der Waals surface area (Å²) in [5.41, 5.74) is 0.418. The first-order chi connectivity index (χ1) is 14.4. The summed E-state index contributed by atoms with van der Waals surface area (Å²) in [6.07, 6.45) is 0.805. The molecule has 0 unspecified atom stereocenters. The minimum atomic E-state index is -3.63. The molecule has 1 aromatic heterocycles. The Kier molecular flexibility index (Phi) is 7.11. The van der Waals surface area contributed by atoms with Gasteiger partial charge in [0.1, 0.15) is 10.6 Å². The lowest BCUT2D eigenvalue weighted by Crippen LogP contribution is -2.41. The van der Waals surface area contributed by atoms with Crippen molar-refractivity contribution < 1.29 is 27.5 Å². The smallest absolute Gasteiger partial charge is 0.350 e. The van der Waals surface area contributed by atoms with Gasteiger partial charge < -0.3 is 14.8 Å². The molecule has 8 nitrogen and oxygen atoms in total. The van der Waals surface area contributed by atoms with E-state index in [0.717, 1.165) is 0 Å². The molecule has 1 aliphatic heterocycles. The van der Waals surface area contributed by atoms with Gasteiger partial charge in [0.25, 0.3) is 0 Å². The number of thiophene rings is 1. The fraction of sp³-hybridized carbons (Fsp3) is 0.400. The van der Waals surface area contributed by atoms with Crippen LogP contribution in [0.3, 0.4) is 0 Å². The van der Waals surface area contributed by atoms with Gasteiger partial charge in [0, 0.05) is 19.0 Å². The highest BCUT2D eigenvalue weighted by atomic mass is 32.2. The lowest BCUT2D eigenvalue weighted by atomic mass is 9.97. The number of ether oxygens (including phenoxy) is 2. The lowest BCUT2D eigenvalue weighted by molar-refractivity contribution is -0.120. The van der Waals surface area contributed by atoms with Crippen molar-refractivity contribution in [1.29, 1.82) is 0 Å². The standard InChI is InChI=1S/C20H24N2O6S2/c1-3-28-15-4-6-16(7-5-15)30(25,26)22-11-8-14(9-12-22)19(23)21-17-10-13-29-18(17)20(24)27-2/h4-7,10,13-14H,3,8-9,11-12H2,1-2H3,(H,21,23). The molecule has 1 N–H and O–H groups in total. The molecular formula is C20H24N2O6S2. The lowest BCUT2D eigenvalue weighted by Gasteiger charge is -2.30. The molecule has 0 radical (unpaired) electrons. The second-order valence-electron chi connectivity index (χ2n) is 6.73. The largest absolute Gasteiger partial charge is 0.494 e. The fourth-order valence-electron chi connectivity index (χ4n) is 3.28. The van der Waals surface area contributed by atoms with Crippen molar-refractivity contribution in [2.24, 2.45) is 5.92 Å². The van der Waals surface area contributed by atoms with E-state index in [4.69, 9.17) is 9.47 Å². The number of nitrogens with zero attached hydrogens (tertiary/aromatic N) is 1. The van der Waals surface area contributed by atoms with E-state index in [-0.39, 0.29) is 29.8 Å². The summed E-state index contributed by atoms with van der Waals surface area (Å²) in [6, 6.07) is 7.99. The number of amides is 1. The third-order valence-corrected chi connectivity index (χ3v) is 7.70. The van der Waals surface area contributed by atoms with Gasteiger partial charge in [-0.2, -0.15) is 4.31 Å². The molecule has 10 heteroatoms. The van der Waals surface area contributed by atoms with Crippen LogP contribution in [-0.2, 0) is 19.6 Å². The maximum absolute atomic E-state index is 12.9. The zero-order chi connectivity index (χ0) is 21.7. The molecule has 0 atom stereocenters. The molecule has 1 amide bonds. The summed E-state index contributed by atoms with van der Waals surface area (Å²) in [5, 5.41) is 4.47. The summed E-state index contributed by atoms with van der Waals surface area (Å²) in [6.45, 7) is 2.87. The van der Waals surface area contributed by atoms with Crippen LogP contribution in [0.2, 0.25) is 0 Å². The molecule has 162 valence electrons. The topological polar surface area (TPSA) is 102 Å². The number of methoxy groups -OCH3 is 1. The van der Waals surface area contributed by atoms with Crippen LogP contribution >= 0.6 is 11.3 Å². The molecule has 2 heterocycles. The molecule has 1 aromatic carbocycles. The van der Waals surface area contributed by atoms with Gasteiger partial charge in [-0.25, -0.2) is 13.2 Å².